The molecule has 0 fully saturated rings. The number of anilines is 1. The third kappa shape index (κ3) is 3.57. The summed E-state index contributed by atoms with van der Waals surface area (Å²) in [5.41, 5.74) is 1.70. The van der Waals surface area contributed by atoms with Crippen molar-refractivity contribution in [3.05, 3.63) is 48.2 Å². The van der Waals surface area contributed by atoms with Crippen LogP contribution < -0.4 is 5.32 Å². The number of ketones is 1. The van der Waals surface area contributed by atoms with Crippen LogP contribution in [0, 0.1) is 5.92 Å². The number of nitrogens with one attached hydrogen (secondary N) is 1. The maximum Gasteiger partial charge on any atom is 0.195 e. The molecule has 2 N–H and O–H groups in total. The van der Waals surface area contributed by atoms with Gasteiger partial charge in [-0.2, -0.15) is 0 Å². The van der Waals surface area contributed by atoms with Crippen molar-refractivity contribution in [1.82, 2.24) is 19.5 Å². The monoisotopic (exact) mass is 353 g/mol. The molecule has 0 aromatic carbocycles. The van der Waals surface area contributed by atoms with Gasteiger partial charge in [-0.25, -0.2) is 15.0 Å². The lowest BCUT2D eigenvalue weighted by atomic mass is 10.1. The van der Waals surface area contributed by atoms with Crippen molar-refractivity contribution in [3.63, 3.8) is 0 Å². The maximum absolute atomic E-state index is 13.1. The smallest absolute Gasteiger partial charge is 0.195 e. The second kappa shape index (κ2) is 7.61. The molecular formula is C19H23N5O2. The number of aromatic nitrogens is 4. The highest BCUT2D eigenvalue weighted by Gasteiger charge is 2.20. The highest BCUT2D eigenvalue weighted by Crippen LogP contribution is 2.25. The topological polar surface area (TPSA) is 92.9 Å². The van der Waals surface area contributed by atoms with Gasteiger partial charge < -0.3 is 15.0 Å². The number of hydrogen-bond acceptors (Lipinski definition) is 6. The van der Waals surface area contributed by atoms with Gasteiger partial charge in [0.25, 0.3) is 0 Å². The summed E-state index contributed by atoms with van der Waals surface area (Å²) in [5.74, 6) is 1.03. The number of aliphatic hydroxyl groups excluding tert-OH is 1. The molecule has 3 aromatic rings. The summed E-state index contributed by atoms with van der Waals surface area (Å²) >= 11 is 0. The van der Waals surface area contributed by atoms with Crippen LogP contribution in [0.1, 0.15) is 42.7 Å². The first-order chi connectivity index (χ1) is 12.5. The van der Waals surface area contributed by atoms with Crippen LogP contribution in [0.25, 0.3) is 11.0 Å². The van der Waals surface area contributed by atoms with E-state index in [9.17, 15) is 9.90 Å². The Hall–Kier alpha value is -2.80. The minimum atomic E-state index is -0.186. The quantitative estimate of drug-likeness (QED) is 0.634. The number of rotatable bonds is 7. The second-order valence-corrected chi connectivity index (χ2v) is 6.78. The highest BCUT2D eigenvalue weighted by molar-refractivity contribution is 6.16. The molecule has 1 unspecified atom stereocenters. The Morgan fingerprint density at radius 1 is 1.31 bits per heavy atom. The van der Waals surface area contributed by atoms with E-state index in [4.69, 9.17) is 0 Å². The van der Waals surface area contributed by atoms with Crippen LogP contribution in [0.3, 0.4) is 0 Å². The fourth-order valence-electron chi connectivity index (χ4n) is 2.73. The molecule has 1 atom stereocenters. The van der Waals surface area contributed by atoms with E-state index in [0.29, 0.717) is 33.9 Å². The molecule has 3 heterocycles. The number of fused-ring (bicyclic) bond motifs is 1. The first kappa shape index (κ1) is 18.0. The van der Waals surface area contributed by atoms with Crippen molar-refractivity contribution < 1.29 is 9.90 Å². The summed E-state index contributed by atoms with van der Waals surface area (Å²) in [5, 5.41) is 13.4. The number of pyridine rings is 1. The average Bonchev–Trinajstić information content (AvgIpc) is 3.05. The lowest BCUT2D eigenvalue weighted by molar-refractivity contribution is 0.103. The zero-order valence-corrected chi connectivity index (χ0v) is 15.2. The Morgan fingerprint density at radius 2 is 2.12 bits per heavy atom. The third-order valence-electron chi connectivity index (χ3n) is 4.19. The molecule has 7 nitrogen and oxygen atoms in total. The number of hydrogen-bond donors (Lipinski definition) is 2. The molecule has 0 aliphatic carbocycles. The first-order valence-corrected chi connectivity index (χ1v) is 8.67. The number of carbonyl (C=O) groups is 1. The molecule has 0 aliphatic rings. The summed E-state index contributed by atoms with van der Waals surface area (Å²) < 4.78 is 1.81. The molecule has 0 amide bonds. The Bertz CT molecular complexity index is 919. The van der Waals surface area contributed by atoms with E-state index >= 15 is 0 Å². The molecule has 0 radical (unpaired) electrons. The van der Waals surface area contributed by atoms with Crippen LogP contribution in [0.5, 0.6) is 0 Å². The summed E-state index contributed by atoms with van der Waals surface area (Å²) in [7, 11) is 0. The molecule has 3 rings (SSSR count). The van der Waals surface area contributed by atoms with E-state index in [-0.39, 0.29) is 18.4 Å². The highest BCUT2D eigenvalue weighted by atomic mass is 16.3. The van der Waals surface area contributed by atoms with Crippen LogP contribution in [0.2, 0.25) is 0 Å². The molecule has 136 valence electrons. The molecule has 7 heteroatoms. The Labute approximate surface area is 152 Å². The van der Waals surface area contributed by atoms with Gasteiger partial charge in [0.2, 0.25) is 0 Å². The fraction of sp³-hybridized carbons (Fsp3) is 0.368. The maximum atomic E-state index is 13.1. The predicted octanol–water partition coefficient (Wildman–Crippen LogP) is 2.68. The van der Waals surface area contributed by atoms with Gasteiger partial charge in [0.15, 0.2) is 5.78 Å². The van der Waals surface area contributed by atoms with E-state index in [2.05, 4.69) is 34.1 Å². The third-order valence-corrected chi connectivity index (χ3v) is 4.19. The molecule has 0 aliphatic heterocycles. The lowest BCUT2D eigenvalue weighted by Gasteiger charge is -2.10. The van der Waals surface area contributed by atoms with Gasteiger partial charge in [-0.05, 0) is 25.0 Å². The summed E-state index contributed by atoms with van der Waals surface area (Å²) in [6, 6.07) is 3.27. The van der Waals surface area contributed by atoms with Crippen molar-refractivity contribution in [2.24, 2.45) is 5.92 Å². The molecule has 0 spiro atoms. The van der Waals surface area contributed by atoms with Crippen molar-refractivity contribution in [3.8, 4) is 0 Å². The van der Waals surface area contributed by atoms with Crippen LogP contribution in [-0.2, 0) is 0 Å². The number of nitrogens with zero attached hydrogens (tertiary/aromatic N) is 4. The Morgan fingerprint density at radius 3 is 2.85 bits per heavy atom. The second-order valence-electron chi connectivity index (χ2n) is 6.78. The zero-order valence-electron chi connectivity index (χ0n) is 15.2. The van der Waals surface area contributed by atoms with Gasteiger partial charge in [0.05, 0.1) is 18.2 Å². The molecule has 3 aromatic heterocycles. The zero-order chi connectivity index (χ0) is 18.7. The van der Waals surface area contributed by atoms with Gasteiger partial charge in [-0.1, -0.05) is 13.8 Å². The van der Waals surface area contributed by atoms with Gasteiger partial charge in [-0.3, -0.25) is 4.79 Å². The normalized spacial score (nSPS) is 12.5. The van der Waals surface area contributed by atoms with Crippen LogP contribution in [-0.4, -0.2) is 43.6 Å². The van der Waals surface area contributed by atoms with Gasteiger partial charge in [-0.15, -0.1) is 0 Å². The first-order valence-electron chi connectivity index (χ1n) is 8.67. The van der Waals surface area contributed by atoms with Crippen molar-refractivity contribution in [2.45, 2.75) is 26.8 Å². The van der Waals surface area contributed by atoms with Crippen molar-refractivity contribution in [1.29, 1.82) is 0 Å². The number of carbonyl (C=O) groups excluding carboxylic acids is 1. The summed E-state index contributed by atoms with van der Waals surface area (Å²) in [6.07, 6.45) is 6.44. The molecule has 0 saturated heterocycles. The summed E-state index contributed by atoms with van der Waals surface area (Å²) in [6.45, 7) is 6.83. The van der Waals surface area contributed by atoms with Crippen LogP contribution >= 0.6 is 0 Å². The van der Waals surface area contributed by atoms with Crippen molar-refractivity contribution in [2.75, 3.05) is 18.5 Å². The van der Waals surface area contributed by atoms with Gasteiger partial charge in [0.1, 0.15) is 17.8 Å². The Balaban J connectivity index is 1.99. The molecule has 0 bridgehead atoms. The van der Waals surface area contributed by atoms with Gasteiger partial charge >= 0.3 is 0 Å². The number of aliphatic hydroxyl groups is 1. The molecular weight excluding hydrogens is 330 g/mol. The van der Waals surface area contributed by atoms with E-state index in [1.807, 2.05) is 11.5 Å². The van der Waals surface area contributed by atoms with E-state index in [1.165, 1.54) is 6.33 Å². The van der Waals surface area contributed by atoms with E-state index in [0.717, 1.165) is 6.54 Å². The van der Waals surface area contributed by atoms with E-state index in [1.54, 1.807) is 30.7 Å². The minimum Gasteiger partial charge on any atom is -0.394 e. The molecule has 0 saturated carbocycles. The summed E-state index contributed by atoms with van der Waals surface area (Å²) in [4.78, 5) is 25.7. The van der Waals surface area contributed by atoms with Crippen molar-refractivity contribution >= 4 is 22.6 Å². The fourth-order valence-corrected chi connectivity index (χ4v) is 2.73. The standard InChI is InChI=1S/C19H23N5O2/c1-12(2)7-22-17-6-14(4-5-21-17)18(26)16-9-24(13(3)10-25)19-15(16)8-20-11-23-19/h4-6,8-9,11-13,25H,7,10H2,1-3H3,(H,21,22). The predicted molar refractivity (Wildman–Crippen MR) is 100 cm³/mol. The Kier molecular flexibility index (Phi) is 5.27. The van der Waals surface area contributed by atoms with Crippen LogP contribution in [0.4, 0.5) is 5.82 Å². The van der Waals surface area contributed by atoms with Crippen LogP contribution in [0.15, 0.2) is 37.1 Å². The van der Waals surface area contributed by atoms with E-state index < -0.39 is 0 Å². The largest absolute Gasteiger partial charge is 0.394 e. The molecule has 26 heavy (non-hydrogen) atoms. The van der Waals surface area contributed by atoms with Gasteiger partial charge in [0, 0.05) is 36.1 Å². The average molecular weight is 353 g/mol. The minimum absolute atomic E-state index is 0.0417. The lowest BCUT2D eigenvalue weighted by Crippen LogP contribution is -2.10. The SMILES string of the molecule is CC(C)CNc1cc(C(=O)c2cn(C(C)CO)c3ncncc23)ccn1.